The first kappa shape index (κ1) is 22.0. The van der Waals surface area contributed by atoms with E-state index in [1.165, 1.54) is 11.0 Å². The van der Waals surface area contributed by atoms with Gasteiger partial charge in [-0.1, -0.05) is 42.5 Å². The Balaban J connectivity index is 1.79. The van der Waals surface area contributed by atoms with Crippen LogP contribution in [-0.2, 0) is 16.6 Å². The largest absolute Gasteiger partial charge is 0.323 e. The number of primary sulfonamides is 1. The number of sulfonamides is 1. The minimum absolute atomic E-state index is 0.00589. The Morgan fingerprint density at radius 2 is 1.71 bits per heavy atom. The molecule has 0 fully saturated rings. The van der Waals surface area contributed by atoms with Gasteiger partial charge in [0.1, 0.15) is 0 Å². The number of nitrogens with one attached hydrogen (secondary N) is 1. The molecule has 2 amide bonds. The summed E-state index contributed by atoms with van der Waals surface area (Å²) in [5, 5.41) is 17.1. The summed E-state index contributed by atoms with van der Waals surface area (Å²) in [7, 11) is -2.31. The standard InChI is InChI=1S/C23H22N4O3S/c1-16-7-10-19(18-11-8-17(14-24)9-12-18)13-21(16)26-23(28)27(2)15-20-5-3-4-6-22(20)31(25,29)30/h3-13H,15H2,1-2H3,(H,26,28)(H2,25,29,30). The Labute approximate surface area is 181 Å². The molecule has 0 aromatic heterocycles. The van der Waals surface area contributed by atoms with Crippen LogP contribution in [0.2, 0.25) is 0 Å². The molecule has 3 rings (SSSR count). The van der Waals surface area contributed by atoms with Crippen molar-refractivity contribution < 1.29 is 13.2 Å². The van der Waals surface area contributed by atoms with Crippen molar-refractivity contribution in [3.8, 4) is 17.2 Å². The highest BCUT2D eigenvalue weighted by Gasteiger charge is 2.17. The number of aryl methyl sites for hydroxylation is 1. The number of urea groups is 1. The van der Waals surface area contributed by atoms with E-state index in [-0.39, 0.29) is 17.5 Å². The summed E-state index contributed by atoms with van der Waals surface area (Å²) in [6.45, 7) is 1.96. The van der Waals surface area contributed by atoms with Crippen LogP contribution in [0.4, 0.5) is 10.5 Å². The van der Waals surface area contributed by atoms with Crippen molar-refractivity contribution in [3.05, 3.63) is 83.4 Å². The molecule has 0 atom stereocenters. The molecule has 0 heterocycles. The molecule has 7 nitrogen and oxygen atoms in total. The summed E-state index contributed by atoms with van der Waals surface area (Å²) in [5.74, 6) is 0. The normalized spacial score (nSPS) is 10.9. The summed E-state index contributed by atoms with van der Waals surface area (Å²) in [5.41, 5.74) is 4.34. The van der Waals surface area contributed by atoms with Gasteiger partial charge in [-0.15, -0.1) is 0 Å². The highest BCUT2D eigenvalue weighted by Crippen LogP contribution is 2.26. The molecule has 158 valence electrons. The molecule has 0 saturated heterocycles. The molecular weight excluding hydrogens is 412 g/mol. The highest BCUT2D eigenvalue weighted by molar-refractivity contribution is 7.89. The number of anilines is 1. The topological polar surface area (TPSA) is 116 Å². The maximum absolute atomic E-state index is 12.8. The van der Waals surface area contributed by atoms with Crippen LogP contribution in [0.3, 0.4) is 0 Å². The van der Waals surface area contributed by atoms with E-state index in [1.807, 2.05) is 37.3 Å². The number of benzene rings is 3. The van der Waals surface area contributed by atoms with E-state index < -0.39 is 10.0 Å². The zero-order chi connectivity index (χ0) is 22.6. The second-order valence-electron chi connectivity index (χ2n) is 7.16. The number of hydrogen-bond donors (Lipinski definition) is 2. The van der Waals surface area contributed by atoms with Crippen LogP contribution in [0.15, 0.2) is 71.6 Å². The summed E-state index contributed by atoms with van der Waals surface area (Å²) in [4.78, 5) is 14.1. The first-order valence-electron chi connectivity index (χ1n) is 9.43. The maximum Gasteiger partial charge on any atom is 0.321 e. The highest BCUT2D eigenvalue weighted by atomic mass is 32.2. The smallest absolute Gasteiger partial charge is 0.321 e. The molecule has 0 aliphatic heterocycles. The van der Waals surface area contributed by atoms with Crippen molar-refractivity contribution in [2.75, 3.05) is 12.4 Å². The van der Waals surface area contributed by atoms with Gasteiger partial charge in [-0.3, -0.25) is 0 Å². The lowest BCUT2D eigenvalue weighted by Crippen LogP contribution is -2.31. The van der Waals surface area contributed by atoms with E-state index in [4.69, 9.17) is 10.4 Å². The average Bonchev–Trinajstić information content (AvgIpc) is 2.75. The zero-order valence-electron chi connectivity index (χ0n) is 17.2. The van der Waals surface area contributed by atoms with Gasteiger partial charge in [0.15, 0.2) is 0 Å². The Morgan fingerprint density at radius 1 is 1.06 bits per heavy atom. The molecule has 0 saturated carbocycles. The van der Waals surface area contributed by atoms with E-state index in [0.29, 0.717) is 16.8 Å². The molecule has 0 aliphatic rings. The minimum atomic E-state index is -3.89. The Kier molecular flexibility index (Phi) is 6.39. The lowest BCUT2D eigenvalue weighted by atomic mass is 10.0. The fourth-order valence-electron chi connectivity index (χ4n) is 3.12. The van der Waals surface area contributed by atoms with E-state index in [2.05, 4.69) is 11.4 Å². The third-order valence-corrected chi connectivity index (χ3v) is 5.87. The lowest BCUT2D eigenvalue weighted by molar-refractivity contribution is 0.220. The van der Waals surface area contributed by atoms with Gasteiger partial charge in [-0.25, -0.2) is 18.4 Å². The van der Waals surface area contributed by atoms with E-state index in [0.717, 1.165) is 16.7 Å². The number of rotatable bonds is 5. The SMILES string of the molecule is Cc1ccc(-c2ccc(C#N)cc2)cc1NC(=O)N(C)Cc1ccccc1S(N)(=O)=O. The molecule has 3 aromatic rings. The Bertz CT molecular complexity index is 1260. The number of hydrogen-bond acceptors (Lipinski definition) is 4. The summed E-state index contributed by atoms with van der Waals surface area (Å²) in [6, 6.07) is 20.9. The third-order valence-electron chi connectivity index (χ3n) is 4.86. The number of amides is 2. The zero-order valence-corrected chi connectivity index (χ0v) is 18.0. The van der Waals surface area contributed by atoms with Gasteiger partial charge < -0.3 is 10.2 Å². The second kappa shape index (κ2) is 9.00. The summed E-state index contributed by atoms with van der Waals surface area (Å²) in [6.07, 6.45) is 0. The molecule has 0 unspecified atom stereocenters. The van der Waals surface area contributed by atoms with Gasteiger partial charge in [-0.2, -0.15) is 5.26 Å². The van der Waals surface area contributed by atoms with Crippen LogP contribution in [0.25, 0.3) is 11.1 Å². The van der Waals surface area contributed by atoms with Gasteiger partial charge in [0.25, 0.3) is 0 Å². The number of nitrogens with zero attached hydrogens (tertiary/aromatic N) is 2. The van der Waals surface area contributed by atoms with Crippen LogP contribution in [0.5, 0.6) is 0 Å². The van der Waals surface area contributed by atoms with Gasteiger partial charge >= 0.3 is 6.03 Å². The lowest BCUT2D eigenvalue weighted by Gasteiger charge is -2.20. The fourth-order valence-corrected chi connectivity index (χ4v) is 3.89. The first-order valence-corrected chi connectivity index (χ1v) is 11.0. The van der Waals surface area contributed by atoms with Gasteiger partial charge in [-0.05, 0) is 53.4 Å². The molecular formula is C23H22N4O3S. The van der Waals surface area contributed by atoms with Crippen molar-refractivity contribution in [1.82, 2.24) is 4.90 Å². The van der Waals surface area contributed by atoms with Crippen LogP contribution >= 0.6 is 0 Å². The number of carbonyl (C=O) groups is 1. The van der Waals surface area contributed by atoms with Crippen LogP contribution < -0.4 is 10.5 Å². The van der Waals surface area contributed by atoms with Crippen LogP contribution in [0.1, 0.15) is 16.7 Å². The molecule has 0 spiro atoms. The van der Waals surface area contributed by atoms with E-state index >= 15 is 0 Å². The van der Waals surface area contributed by atoms with Crippen LogP contribution in [0, 0.1) is 18.3 Å². The van der Waals surface area contributed by atoms with E-state index in [9.17, 15) is 13.2 Å². The molecule has 0 radical (unpaired) electrons. The summed E-state index contributed by atoms with van der Waals surface area (Å²) < 4.78 is 23.6. The molecule has 31 heavy (non-hydrogen) atoms. The second-order valence-corrected chi connectivity index (χ2v) is 8.69. The predicted molar refractivity (Wildman–Crippen MR) is 120 cm³/mol. The minimum Gasteiger partial charge on any atom is -0.323 e. The van der Waals surface area contributed by atoms with Gasteiger partial charge in [0, 0.05) is 19.3 Å². The van der Waals surface area contributed by atoms with Crippen molar-refractivity contribution in [2.24, 2.45) is 5.14 Å². The van der Waals surface area contributed by atoms with Crippen molar-refractivity contribution in [3.63, 3.8) is 0 Å². The number of nitrogens with two attached hydrogens (primary N) is 1. The van der Waals surface area contributed by atoms with Gasteiger partial charge in [0.2, 0.25) is 10.0 Å². The average molecular weight is 435 g/mol. The summed E-state index contributed by atoms with van der Waals surface area (Å²) >= 11 is 0. The van der Waals surface area contributed by atoms with Crippen molar-refractivity contribution in [1.29, 1.82) is 5.26 Å². The quantitative estimate of drug-likeness (QED) is 0.634. The molecule has 8 heteroatoms. The number of carbonyl (C=O) groups excluding carboxylic acids is 1. The molecule has 3 aromatic carbocycles. The van der Waals surface area contributed by atoms with Crippen molar-refractivity contribution >= 4 is 21.7 Å². The van der Waals surface area contributed by atoms with E-state index in [1.54, 1.807) is 37.4 Å². The monoisotopic (exact) mass is 434 g/mol. The fraction of sp³-hybridized carbons (Fsp3) is 0.130. The maximum atomic E-state index is 12.8. The molecule has 3 N–H and O–H groups in total. The molecule has 0 aliphatic carbocycles. The third kappa shape index (κ3) is 5.28. The number of nitriles is 1. The predicted octanol–water partition coefficient (Wildman–Crippen LogP) is 3.85. The van der Waals surface area contributed by atoms with Crippen LogP contribution in [-0.4, -0.2) is 26.4 Å². The first-order chi connectivity index (χ1) is 14.7. The Hall–Kier alpha value is -3.67. The van der Waals surface area contributed by atoms with Crippen molar-refractivity contribution in [2.45, 2.75) is 18.4 Å². The Morgan fingerprint density at radius 3 is 2.35 bits per heavy atom. The van der Waals surface area contributed by atoms with Gasteiger partial charge in [0.05, 0.1) is 16.5 Å². The molecule has 0 bridgehead atoms.